The molecule has 108 valence electrons. The highest BCUT2D eigenvalue weighted by atomic mass is 16.6. The van der Waals surface area contributed by atoms with E-state index in [1.807, 2.05) is 20.8 Å². The van der Waals surface area contributed by atoms with Crippen molar-refractivity contribution < 1.29 is 19.1 Å². The molecule has 0 aliphatic rings. The molecule has 1 rings (SSSR count). The van der Waals surface area contributed by atoms with E-state index in [1.54, 1.807) is 37.3 Å². The Balaban J connectivity index is 2.81. The van der Waals surface area contributed by atoms with Gasteiger partial charge in [0.1, 0.15) is 5.60 Å². The van der Waals surface area contributed by atoms with Crippen molar-refractivity contribution >= 4 is 18.0 Å². The number of rotatable bonds is 4. The number of benzene rings is 1. The Kier molecular flexibility index (Phi) is 5.50. The molecule has 0 fully saturated rings. The first kappa shape index (κ1) is 16.0. The lowest BCUT2D eigenvalue weighted by molar-refractivity contribution is -0.137. The van der Waals surface area contributed by atoms with Crippen molar-refractivity contribution in [3.63, 3.8) is 0 Å². The van der Waals surface area contributed by atoms with Crippen LogP contribution in [0.25, 0.3) is 6.08 Å². The number of carbonyl (C=O) groups is 2. The smallest absolute Gasteiger partial charge is 0.338 e. The highest BCUT2D eigenvalue weighted by Crippen LogP contribution is 2.14. The standard InChI is InChI=1S/C16H20O4/c1-5-19-14(17)10-9-12-7-6-8-13(11-12)15(18)20-16(2,3)4/h6-11H,5H2,1-4H3. The van der Waals surface area contributed by atoms with E-state index in [0.717, 1.165) is 5.56 Å². The van der Waals surface area contributed by atoms with Crippen LogP contribution in [-0.4, -0.2) is 24.1 Å². The molecule has 0 heterocycles. The summed E-state index contributed by atoms with van der Waals surface area (Å²) in [6.07, 6.45) is 2.93. The Morgan fingerprint density at radius 3 is 2.55 bits per heavy atom. The largest absolute Gasteiger partial charge is 0.463 e. The summed E-state index contributed by atoms with van der Waals surface area (Å²) in [6, 6.07) is 6.88. The minimum Gasteiger partial charge on any atom is -0.463 e. The van der Waals surface area contributed by atoms with Crippen molar-refractivity contribution in [2.75, 3.05) is 6.61 Å². The number of hydrogen-bond donors (Lipinski definition) is 0. The molecule has 0 saturated carbocycles. The molecule has 0 aliphatic carbocycles. The fourth-order valence-corrected chi connectivity index (χ4v) is 1.46. The lowest BCUT2D eigenvalue weighted by Gasteiger charge is -2.19. The highest BCUT2D eigenvalue weighted by molar-refractivity contribution is 5.91. The molecule has 0 spiro atoms. The van der Waals surface area contributed by atoms with Crippen molar-refractivity contribution in [1.82, 2.24) is 0 Å². The number of esters is 2. The Hall–Kier alpha value is -2.10. The molecule has 0 unspecified atom stereocenters. The van der Waals surface area contributed by atoms with Gasteiger partial charge < -0.3 is 9.47 Å². The van der Waals surface area contributed by atoms with Gasteiger partial charge in [-0.1, -0.05) is 12.1 Å². The molecule has 4 nitrogen and oxygen atoms in total. The van der Waals surface area contributed by atoms with Crippen LogP contribution in [0.15, 0.2) is 30.3 Å². The predicted octanol–water partition coefficient (Wildman–Crippen LogP) is 3.22. The molecular formula is C16H20O4. The summed E-state index contributed by atoms with van der Waals surface area (Å²) in [7, 11) is 0. The molecule has 1 aromatic carbocycles. The maximum Gasteiger partial charge on any atom is 0.338 e. The lowest BCUT2D eigenvalue weighted by atomic mass is 10.1. The third-order valence-electron chi connectivity index (χ3n) is 2.22. The van der Waals surface area contributed by atoms with Gasteiger partial charge in [-0.3, -0.25) is 0 Å². The van der Waals surface area contributed by atoms with Gasteiger partial charge in [-0.05, 0) is 51.5 Å². The summed E-state index contributed by atoms with van der Waals surface area (Å²) >= 11 is 0. The Morgan fingerprint density at radius 1 is 1.25 bits per heavy atom. The zero-order chi connectivity index (χ0) is 15.2. The SMILES string of the molecule is CCOC(=O)C=Cc1cccc(C(=O)OC(C)(C)C)c1. The van der Waals surface area contributed by atoms with Crippen molar-refractivity contribution in [2.45, 2.75) is 33.3 Å². The highest BCUT2D eigenvalue weighted by Gasteiger charge is 2.17. The average molecular weight is 276 g/mol. The van der Waals surface area contributed by atoms with Gasteiger partial charge in [0.2, 0.25) is 0 Å². The van der Waals surface area contributed by atoms with Crippen LogP contribution in [0.3, 0.4) is 0 Å². The van der Waals surface area contributed by atoms with Gasteiger partial charge in [-0.15, -0.1) is 0 Å². The molecule has 1 aromatic rings. The summed E-state index contributed by atoms with van der Waals surface area (Å²) in [5.41, 5.74) is 0.653. The maximum absolute atomic E-state index is 11.9. The second-order valence-corrected chi connectivity index (χ2v) is 5.21. The summed E-state index contributed by atoms with van der Waals surface area (Å²) < 4.78 is 10.1. The molecule has 0 saturated heterocycles. The van der Waals surface area contributed by atoms with E-state index in [-0.39, 0.29) is 5.97 Å². The van der Waals surface area contributed by atoms with Crippen molar-refractivity contribution in [3.05, 3.63) is 41.5 Å². The van der Waals surface area contributed by atoms with Crippen molar-refractivity contribution in [2.24, 2.45) is 0 Å². The van der Waals surface area contributed by atoms with Gasteiger partial charge in [-0.25, -0.2) is 9.59 Å². The van der Waals surface area contributed by atoms with E-state index >= 15 is 0 Å². The van der Waals surface area contributed by atoms with E-state index in [1.165, 1.54) is 6.08 Å². The average Bonchev–Trinajstić information content (AvgIpc) is 2.35. The summed E-state index contributed by atoms with van der Waals surface area (Å²) in [4.78, 5) is 23.1. The third kappa shape index (κ3) is 5.69. The zero-order valence-corrected chi connectivity index (χ0v) is 12.3. The normalized spacial score (nSPS) is 11.4. The molecule has 20 heavy (non-hydrogen) atoms. The van der Waals surface area contributed by atoms with E-state index in [2.05, 4.69) is 0 Å². The van der Waals surface area contributed by atoms with Crippen LogP contribution in [0.2, 0.25) is 0 Å². The molecule has 0 radical (unpaired) electrons. The van der Waals surface area contributed by atoms with Gasteiger partial charge in [-0.2, -0.15) is 0 Å². The predicted molar refractivity (Wildman–Crippen MR) is 77.3 cm³/mol. The van der Waals surface area contributed by atoms with Gasteiger partial charge in [0.05, 0.1) is 12.2 Å². The number of carbonyl (C=O) groups excluding carboxylic acids is 2. The van der Waals surface area contributed by atoms with Crippen LogP contribution in [0.4, 0.5) is 0 Å². The summed E-state index contributed by atoms with van der Waals surface area (Å²) in [5, 5.41) is 0. The first-order valence-electron chi connectivity index (χ1n) is 6.50. The molecule has 0 amide bonds. The zero-order valence-electron chi connectivity index (χ0n) is 12.3. The third-order valence-corrected chi connectivity index (χ3v) is 2.22. The van der Waals surface area contributed by atoms with E-state index in [9.17, 15) is 9.59 Å². The fourth-order valence-electron chi connectivity index (χ4n) is 1.46. The van der Waals surface area contributed by atoms with Crippen LogP contribution >= 0.6 is 0 Å². The molecule has 4 heteroatoms. The van der Waals surface area contributed by atoms with E-state index in [4.69, 9.17) is 9.47 Å². The van der Waals surface area contributed by atoms with Crippen LogP contribution in [-0.2, 0) is 14.3 Å². The van der Waals surface area contributed by atoms with Gasteiger partial charge in [0.15, 0.2) is 0 Å². The summed E-state index contributed by atoms with van der Waals surface area (Å²) in [6.45, 7) is 7.52. The second-order valence-electron chi connectivity index (χ2n) is 5.21. The second kappa shape index (κ2) is 6.89. The fraction of sp³-hybridized carbons (Fsp3) is 0.375. The van der Waals surface area contributed by atoms with Crippen LogP contribution in [0.1, 0.15) is 43.6 Å². The van der Waals surface area contributed by atoms with E-state index < -0.39 is 11.6 Å². The van der Waals surface area contributed by atoms with Gasteiger partial charge in [0.25, 0.3) is 0 Å². The van der Waals surface area contributed by atoms with E-state index in [0.29, 0.717) is 12.2 Å². The Labute approximate surface area is 119 Å². The first-order chi connectivity index (χ1) is 9.31. The summed E-state index contributed by atoms with van der Waals surface area (Å²) in [5.74, 6) is -0.793. The Morgan fingerprint density at radius 2 is 1.95 bits per heavy atom. The molecule has 0 aromatic heterocycles. The quantitative estimate of drug-likeness (QED) is 0.626. The van der Waals surface area contributed by atoms with Crippen molar-refractivity contribution in [3.8, 4) is 0 Å². The molecular weight excluding hydrogens is 256 g/mol. The minimum atomic E-state index is -0.534. The Bertz CT molecular complexity index is 509. The molecule has 0 bridgehead atoms. The molecule has 0 N–H and O–H groups in total. The molecule has 0 aliphatic heterocycles. The first-order valence-corrected chi connectivity index (χ1v) is 6.50. The van der Waals surface area contributed by atoms with Crippen LogP contribution in [0.5, 0.6) is 0 Å². The minimum absolute atomic E-state index is 0.334. The van der Waals surface area contributed by atoms with Crippen LogP contribution in [0, 0.1) is 0 Å². The van der Waals surface area contributed by atoms with Gasteiger partial charge in [0, 0.05) is 6.08 Å². The molecule has 0 atom stereocenters. The maximum atomic E-state index is 11.9. The lowest BCUT2D eigenvalue weighted by Crippen LogP contribution is -2.23. The monoisotopic (exact) mass is 276 g/mol. The van der Waals surface area contributed by atoms with Gasteiger partial charge >= 0.3 is 11.9 Å². The van der Waals surface area contributed by atoms with Crippen molar-refractivity contribution in [1.29, 1.82) is 0 Å². The number of ether oxygens (including phenoxy) is 2. The number of hydrogen-bond acceptors (Lipinski definition) is 4. The van der Waals surface area contributed by atoms with Crippen LogP contribution < -0.4 is 0 Å². The topological polar surface area (TPSA) is 52.6 Å².